The van der Waals surface area contributed by atoms with Crippen molar-refractivity contribution in [3.63, 3.8) is 0 Å². The van der Waals surface area contributed by atoms with Gasteiger partial charge in [-0.3, -0.25) is 4.79 Å². The number of hydrogen-bond donors (Lipinski definition) is 0. The fourth-order valence-electron chi connectivity index (χ4n) is 3.19. The lowest BCUT2D eigenvalue weighted by Gasteiger charge is -2.44. The van der Waals surface area contributed by atoms with Crippen LogP contribution in [0.4, 0.5) is 0 Å². The molecule has 0 N–H and O–H groups in total. The van der Waals surface area contributed by atoms with Crippen LogP contribution in [0.5, 0.6) is 0 Å². The van der Waals surface area contributed by atoms with Crippen LogP contribution in [0.2, 0.25) is 0 Å². The molecule has 2 aliphatic heterocycles. The lowest BCUT2D eigenvalue weighted by molar-refractivity contribution is -0.144. The predicted octanol–water partition coefficient (Wildman–Crippen LogP) is 2.24. The van der Waals surface area contributed by atoms with Crippen molar-refractivity contribution in [3.05, 3.63) is 0 Å². The molecule has 2 fully saturated rings. The van der Waals surface area contributed by atoms with Crippen LogP contribution in [-0.2, 0) is 9.53 Å². The molecular weight excluding hydrogens is 264 g/mol. The molecule has 0 aromatic rings. The van der Waals surface area contributed by atoms with Crippen LogP contribution in [0, 0.1) is 17.8 Å². The first-order chi connectivity index (χ1) is 9.97. The summed E-state index contributed by atoms with van der Waals surface area (Å²) in [5.74, 6) is 2.10. The second-order valence-electron chi connectivity index (χ2n) is 7.28. The topological polar surface area (TPSA) is 32.8 Å². The molecule has 2 saturated heterocycles. The molecule has 4 heteroatoms. The van der Waals surface area contributed by atoms with Gasteiger partial charge in [0.1, 0.15) is 0 Å². The van der Waals surface area contributed by atoms with Gasteiger partial charge in [-0.2, -0.15) is 0 Å². The average Bonchev–Trinajstić information content (AvgIpc) is 2.36. The van der Waals surface area contributed by atoms with Gasteiger partial charge in [0.05, 0.1) is 12.7 Å². The van der Waals surface area contributed by atoms with E-state index in [0.29, 0.717) is 17.9 Å². The quantitative estimate of drug-likeness (QED) is 0.753. The van der Waals surface area contributed by atoms with E-state index in [2.05, 4.69) is 37.5 Å². The van der Waals surface area contributed by atoms with E-state index >= 15 is 0 Å². The van der Waals surface area contributed by atoms with Crippen LogP contribution < -0.4 is 0 Å². The van der Waals surface area contributed by atoms with Crippen molar-refractivity contribution in [3.8, 4) is 0 Å². The lowest BCUT2D eigenvalue weighted by Crippen LogP contribution is -2.54. The molecule has 0 atom stereocenters. The molecule has 2 rings (SSSR count). The van der Waals surface area contributed by atoms with E-state index in [1.807, 2.05) is 0 Å². The van der Waals surface area contributed by atoms with Crippen LogP contribution in [0.25, 0.3) is 0 Å². The van der Waals surface area contributed by atoms with E-state index in [9.17, 15) is 4.79 Å². The third-order valence-corrected chi connectivity index (χ3v) is 4.96. The summed E-state index contributed by atoms with van der Waals surface area (Å²) < 4.78 is 5.60. The van der Waals surface area contributed by atoms with Gasteiger partial charge < -0.3 is 14.5 Å². The van der Waals surface area contributed by atoms with Crippen LogP contribution >= 0.6 is 0 Å². The van der Waals surface area contributed by atoms with Crippen molar-refractivity contribution in [1.29, 1.82) is 0 Å². The molecule has 1 amide bonds. The Bertz CT molecular complexity index is 330. The van der Waals surface area contributed by atoms with Crippen molar-refractivity contribution in [1.82, 2.24) is 9.80 Å². The first-order valence-electron chi connectivity index (χ1n) is 8.60. The fraction of sp³-hybridized carbons (Fsp3) is 0.941. The molecule has 122 valence electrons. The molecule has 4 nitrogen and oxygen atoms in total. The summed E-state index contributed by atoms with van der Waals surface area (Å²) >= 11 is 0. The Kier molecular flexibility index (Phi) is 6.06. The SMILES string of the molecule is CC(C)OCCN1CCC(C(=O)N2CC(C(C)C)C2)CC1. The van der Waals surface area contributed by atoms with E-state index in [0.717, 1.165) is 58.1 Å². The van der Waals surface area contributed by atoms with E-state index in [1.54, 1.807) is 0 Å². The second kappa shape index (κ2) is 7.59. The molecule has 0 aromatic carbocycles. The van der Waals surface area contributed by atoms with Crippen molar-refractivity contribution < 1.29 is 9.53 Å². The van der Waals surface area contributed by atoms with E-state index in [4.69, 9.17) is 4.74 Å². The highest BCUT2D eigenvalue weighted by Gasteiger charge is 2.36. The highest BCUT2D eigenvalue weighted by Crippen LogP contribution is 2.27. The molecule has 2 aliphatic rings. The van der Waals surface area contributed by atoms with Crippen LogP contribution in [0.1, 0.15) is 40.5 Å². The van der Waals surface area contributed by atoms with Crippen LogP contribution in [0.3, 0.4) is 0 Å². The smallest absolute Gasteiger partial charge is 0.225 e. The Morgan fingerprint density at radius 3 is 2.29 bits per heavy atom. The first kappa shape index (κ1) is 16.8. The standard InChI is InChI=1S/C17H32N2O2/c1-13(2)16-11-19(12-16)17(20)15-5-7-18(8-6-15)9-10-21-14(3)4/h13-16H,5-12H2,1-4H3. The van der Waals surface area contributed by atoms with Gasteiger partial charge in [0.2, 0.25) is 5.91 Å². The van der Waals surface area contributed by atoms with Gasteiger partial charge in [0, 0.05) is 25.6 Å². The molecule has 2 heterocycles. The summed E-state index contributed by atoms with van der Waals surface area (Å²) in [4.78, 5) is 16.9. The lowest BCUT2D eigenvalue weighted by atomic mass is 9.86. The van der Waals surface area contributed by atoms with Crippen LogP contribution in [0.15, 0.2) is 0 Å². The zero-order valence-electron chi connectivity index (χ0n) is 14.2. The number of rotatable bonds is 6. The molecule has 0 bridgehead atoms. The number of nitrogens with zero attached hydrogens (tertiary/aromatic N) is 2. The summed E-state index contributed by atoms with van der Waals surface area (Å²) in [6.07, 6.45) is 2.34. The normalized spacial score (nSPS) is 22.1. The van der Waals surface area contributed by atoms with Gasteiger partial charge in [0.15, 0.2) is 0 Å². The highest BCUT2D eigenvalue weighted by molar-refractivity contribution is 5.79. The summed E-state index contributed by atoms with van der Waals surface area (Å²) in [7, 11) is 0. The molecular formula is C17H32N2O2. The minimum atomic E-state index is 0.264. The molecule has 0 aromatic heterocycles. The molecule has 0 saturated carbocycles. The number of carbonyl (C=O) groups is 1. The number of hydrogen-bond acceptors (Lipinski definition) is 3. The summed E-state index contributed by atoms with van der Waals surface area (Å²) in [6.45, 7) is 14.5. The molecule has 0 aliphatic carbocycles. The summed E-state index contributed by atoms with van der Waals surface area (Å²) in [5.41, 5.74) is 0. The fourth-order valence-corrected chi connectivity index (χ4v) is 3.19. The number of carbonyl (C=O) groups excluding carboxylic acids is 1. The predicted molar refractivity (Wildman–Crippen MR) is 85.2 cm³/mol. The Balaban J connectivity index is 1.64. The minimum Gasteiger partial charge on any atom is -0.377 e. The van der Waals surface area contributed by atoms with Gasteiger partial charge in [-0.1, -0.05) is 13.8 Å². The maximum Gasteiger partial charge on any atom is 0.225 e. The minimum absolute atomic E-state index is 0.264. The Labute approximate surface area is 129 Å². The Morgan fingerprint density at radius 2 is 1.76 bits per heavy atom. The molecule has 0 radical (unpaired) electrons. The summed E-state index contributed by atoms with van der Waals surface area (Å²) in [6, 6.07) is 0. The maximum atomic E-state index is 12.4. The average molecular weight is 296 g/mol. The Hall–Kier alpha value is -0.610. The van der Waals surface area contributed by atoms with Crippen LogP contribution in [-0.4, -0.2) is 61.1 Å². The third kappa shape index (κ3) is 4.68. The van der Waals surface area contributed by atoms with E-state index in [1.165, 1.54) is 0 Å². The monoisotopic (exact) mass is 296 g/mol. The number of likely N-dealkylation sites (tertiary alicyclic amines) is 2. The van der Waals surface area contributed by atoms with Gasteiger partial charge >= 0.3 is 0 Å². The zero-order chi connectivity index (χ0) is 15.4. The van der Waals surface area contributed by atoms with Crippen molar-refractivity contribution in [2.24, 2.45) is 17.8 Å². The van der Waals surface area contributed by atoms with Gasteiger partial charge in [-0.15, -0.1) is 0 Å². The Morgan fingerprint density at radius 1 is 1.14 bits per heavy atom. The first-order valence-corrected chi connectivity index (χ1v) is 8.60. The van der Waals surface area contributed by atoms with E-state index in [-0.39, 0.29) is 5.92 Å². The second-order valence-corrected chi connectivity index (χ2v) is 7.28. The molecule has 0 unspecified atom stereocenters. The van der Waals surface area contributed by atoms with Gasteiger partial charge in [-0.05, 0) is 51.6 Å². The maximum absolute atomic E-state index is 12.4. The molecule has 21 heavy (non-hydrogen) atoms. The zero-order valence-corrected chi connectivity index (χ0v) is 14.2. The van der Waals surface area contributed by atoms with E-state index < -0.39 is 0 Å². The van der Waals surface area contributed by atoms with Crippen molar-refractivity contribution in [2.75, 3.05) is 39.3 Å². The van der Waals surface area contributed by atoms with Crippen molar-refractivity contribution >= 4 is 5.91 Å². The molecule has 0 spiro atoms. The summed E-state index contributed by atoms with van der Waals surface area (Å²) in [5, 5.41) is 0. The van der Waals surface area contributed by atoms with Crippen molar-refractivity contribution in [2.45, 2.75) is 46.6 Å². The number of amides is 1. The highest BCUT2D eigenvalue weighted by atomic mass is 16.5. The largest absolute Gasteiger partial charge is 0.377 e. The van der Waals surface area contributed by atoms with Gasteiger partial charge in [0.25, 0.3) is 0 Å². The van der Waals surface area contributed by atoms with Gasteiger partial charge in [-0.25, -0.2) is 0 Å². The number of ether oxygens (including phenoxy) is 1. The number of piperidine rings is 1. The third-order valence-electron chi connectivity index (χ3n) is 4.96.